The number of rotatable bonds is 5. The van der Waals surface area contributed by atoms with E-state index in [2.05, 4.69) is 14.8 Å². The Balaban J connectivity index is 1.90. The zero-order chi connectivity index (χ0) is 15.5. The Morgan fingerprint density at radius 1 is 1.24 bits per heavy atom. The lowest BCUT2D eigenvalue weighted by Crippen LogP contribution is -2.50. The zero-order valence-electron chi connectivity index (χ0n) is 13.3. The SMILES string of the molecule is CC[C@H](O)c1ccc(N2CCN(CC(C)(C)O)CC2)cn1. The number of hydrogen-bond donors (Lipinski definition) is 2. The van der Waals surface area contributed by atoms with Gasteiger partial charge in [0.25, 0.3) is 0 Å². The summed E-state index contributed by atoms with van der Waals surface area (Å²) < 4.78 is 0. The van der Waals surface area contributed by atoms with Gasteiger partial charge in [0.15, 0.2) is 0 Å². The third-order valence-corrected chi connectivity index (χ3v) is 3.85. The average molecular weight is 293 g/mol. The molecule has 0 unspecified atom stereocenters. The number of nitrogens with zero attached hydrogens (tertiary/aromatic N) is 3. The lowest BCUT2D eigenvalue weighted by atomic mass is 10.1. The summed E-state index contributed by atoms with van der Waals surface area (Å²) in [5.74, 6) is 0. The lowest BCUT2D eigenvalue weighted by molar-refractivity contribution is 0.0345. The van der Waals surface area contributed by atoms with E-state index < -0.39 is 11.7 Å². The predicted molar refractivity (Wildman–Crippen MR) is 84.4 cm³/mol. The Kier molecular flexibility index (Phi) is 5.19. The van der Waals surface area contributed by atoms with Crippen LogP contribution in [0.2, 0.25) is 0 Å². The van der Waals surface area contributed by atoms with Gasteiger partial charge in [0.1, 0.15) is 0 Å². The quantitative estimate of drug-likeness (QED) is 0.860. The molecule has 118 valence electrons. The number of β-amino-alcohol motifs (C(OH)–C–C–N with tert-alkyl or cyclic N) is 1. The van der Waals surface area contributed by atoms with Crippen LogP contribution in [0.5, 0.6) is 0 Å². The highest BCUT2D eigenvalue weighted by atomic mass is 16.3. The van der Waals surface area contributed by atoms with Crippen molar-refractivity contribution in [3.8, 4) is 0 Å². The van der Waals surface area contributed by atoms with E-state index in [1.165, 1.54) is 0 Å². The first kappa shape index (κ1) is 16.2. The van der Waals surface area contributed by atoms with Crippen molar-refractivity contribution >= 4 is 5.69 Å². The molecular weight excluding hydrogens is 266 g/mol. The molecule has 5 heteroatoms. The molecule has 0 bridgehead atoms. The molecule has 1 aliphatic rings. The Morgan fingerprint density at radius 2 is 1.90 bits per heavy atom. The van der Waals surface area contributed by atoms with E-state index in [1.54, 1.807) is 0 Å². The van der Waals surface area contributed by atoms with Crippen molar-refractivity contribution in [3.05, 3.63) is 24.0 Å². The summed E-state index contributed by atoms with van der Waals surface area (Å²) in [6.45, 7) is 10.1. The topological polar surface area (TPSA) is 59.8 Å². The summed E-state index contributed by atoms with van der Waals surface area (Å²) in [5.41, 5.74) is 1.20. The predicted octanol–water partition coefficient (Wildman–Crippen LogP) is 1.42. The van der Waals surface area contributed by atoms with Gasteiger partial charge < -0.3 is 15.1 Å². The van der Waals surface area contributed by atoms with Crippen LogP contribution in [0.15, 0.2) is 18.3 Å². The molecule has 0 amide bonds. The van der Waals surface area contributed by atoms with Gasteiger partial charge in [-0.2, -0.15) is 0 Å². The van der Waals surface area contributed by atoms with Crippen LogP contribution >= 0.6 is 0 Å². The van der Waals surface area contributed by atoms with Gasteiger partial charge in [-0.05, 0) is 32.4 Å². The summed E-state index contributed by atoms with van der Waals surface area (Å²) in [5, 5.41) is 19.6. The van der Waals surface area contributed by atoms with E-state index in [0.717, 1.165) is 37.6 Å². The van der Waals surface area contributed by atoms with E-state index in [4.69, 9.17) is 0 Å². The largest absolute Gasteiger partial charge is 0.389 e. The van der Waals surface area contributed by atoms with Crippen LogP contribution in [0.4, 0.5) is 5.69 Å². The number of anilines is 1. The van der Waals surface area contributed by atoms with Crippen molar-refractivity contribution in [1.29, 1.82) is 0 Å². The number of aliphatic hydroxyl groups excluding tert-OH is 1. The second kappa shape index (κ2) is 6.73. The van der Waals surface area contributed by atoms with Crippen molar-refractivity contribution in [1.82, 2.24) is 9.88 Å². The minimum atomic E-state index is -0.637. The molecule has 21 heavy (non-hydrogen) atoms. The first-order valence-electron chi connectivity index (χ1n) is 7.73. The smallest absolute Gasteiger partial charge is 0.0957 e. The lowest BCUT2D eigenvalue weighted by Gasteiger charge is -2.38. The van der Waals surface area contributed by atoms with E-state index in [-0.39, 0.29) is 0 Å². The van der Waals surface area contributed by atoms with E-state index >= 15 is 0 Å². The first-order chi connectivity index (χ1) is 9.89. The summed E-state index contributed by atoms with van der Waals surface area (Å²) in [6.07, 6.45) is 2.06. The van der Waals surface area contributed by atoms with E-state index in [1.807, 2.05) is 39.1 Å². The molecule has 1 aromatic heterocycles. The molecule has 1 fully saturated rings. The minimum absolute atomic E-state index is 0.470. The van der Waals surface area contributed by atoms with Gasteiger partial charge >= 0.3 is 0 Å². The van der Waals surface area contributed by atoms with Crippen molar-refractivity contribution in [2.75, 3.05) is 37.6 Å². The van der Waals surface area contributed by atoms with Crippen molar-refractivity contribution in [2.24, 2.45) is 0 Å². The molecule has 2 heterocycles. The summed E-state index contributed by atoms with van der Waals surface area (Å²) in [6, 6.07) is 3.94. The highest BCUT2D eigenvalue weighted by Gasteiger charge is 2.23. The van der Waals surface area contributed by atoms with Crippen LogP contribution in [0.1, 0.15) is 39.0 Å². The third-order valence-electron chi connectivity index (χ3n) is 3.85. The van der Waals surface area contributed by atoms with Crippen molar-refractivity contribution in [3.63, 3.8) is 0 Å². The summed E-state index contributed by atoms with van der Waals surface area (Å²) in [4.78, 5) is 8.95. The fourth-order valence-corrected chi connectivity index (χ4v) is 2.70. The number of hydrogen-bond acceptors (Lipinski definition) is 5. The second-order valence-electron chi connectivity index (χ2n) is 6.44. The maximum atomic E-state index is 9.87. The van der Waals surface area contributed by atoms with Crippen molar-refractivity contribution in [2.45, 2.75) is 38.9 Å². The van der Waals surface area contributed by atoms with Gasteiger partial charge in [0, 0.05) is 32.7 Å². The maximum Gasteiger partial charge on any atom is 0.0957 e. The molecule has 0 saturated carbocycles. The van der Waals surface area contributed by atoms with Crippen LogP contribution in [0.25, 0.3) is 0 Å². The first-order valence-corrected chi connectivity index (χ1v) is 7.73. The van der Waals surface area contributed by atoms with Crippen molar-refractivity contribution < 1.29 is 10.2 Å². The number of pyridine rings is 1. The average Bonchev–Trinajstić information content (AvgIpc) is 2.46. The molecule has 1 aromatic rings. The van der Waals surface area contributed by atoms with Gasteiger partial charge in [-0.1, -0.05) is 6.92 Å². The fraction of sp³-hybridized carbons (Fsp3) is 0.688. The molecule has 0 radical (unpaired) electrons. The molecule has 1 aliphatic heterocycles. The Bertz CT molecular complexity index is 434. The summed E-state index contributed by atoms with van der Waals surface area (Å²) >= 11 is 0. The van der Waals surface area contributed by atoms with Crippen LogP contribution < -0.4 is 4.90 Å². The van der Waals surface area contributed by atoms with Crippen LogP contribution in [-0.4, -0.2) is 58.4 Å². The molecule has 2 N–H and O–H groups in total. The zero-order valence-corrected chi connectivity index (χ0v) is 13.3. The maximum absolute atomic E-state index is 9.87. The van der Waals surface area contributed by atoms with Gasteiger partial charge in [-0.3, -0.25) is 9.88 Å². The highest BCUT2D eigenvalue weighted by Crippen LogP contribution is 2.20. The van der Waals surface area contributed by atoms with Crippen LogP contribution in [0.3, 0.4) is 0 Å². The van der Waals surface area contributed by atoms with E-state index in [0.29, 0.717) is 13.0 Å². The molecule has 0 spiro atoms. The fourth-order valence-electron chi connectivity index (χ4n) is 2.70. The highest BCUT2D eigenvalue weighted by molar-refractivity contribution is 5.45. The normalized spacial score (nSPS) is 18.8. The molecular formula is C16H27N3O2. The molecule has 0 aliphatic carbocycles. The van der Waals surface area contributed by atoms with Crippen LogP contribution in [0, 0.1) is 0 Å². The Labute approximate surface area is 127 Å². The molecule has 5 nitrogen and oxygen atoms in total. The number of piperazine rings is 1. The van der Waals surface area contributed by atoms with Gasteiger partial charge in [-0.15, -0.1) is 0 Å². The number of aliphatic hydroxyl groups is 2. The molecule has 1 atom stereocenters. The Morgan fingerprint density at radius 3 is 2.38 bits per heavy atom. The van der Waals surface area contributed by atoms with Gasteiger partial charge in [-0.25, -0.2) is 0 Å². The van der Waals surface area contributed by atoms with Gasteiger partial charge in [0.05, 0.1) is 29.3 Å². The van der Waals surface area contributed by atoms with Crippen LogP contribution in [-0.2, 0) is 0 Å². The Hall–Kier alpha value is -1.17. The monoisotopic (exact) mass is 293 g/mol. The summed E-state index contributed by atoms with van der Waals surface area (Å²) in [7, 11) is 0. The van der Waals surface area contributed by atoms with Gasteiger partial charge in [0.2, 0.25) is 0 Å². The minimum Gasteiger partial charge on any atom is -0.389 e. The second-order valence-corrected chi connectivity index (χ2v) is 6.44. The van der Waals surface area contributed by atoms with E-state index in [9.17, 15) is 10.2 Å². The molecule has 0 aromatic carbocycles. The number of aromatic nitrogens is 1. The molecule has 1 saturated heterocycles. The standard InChI is InChI=1S/C16H27N3O2/c1-4-15(20)14-6-5-13(11-17-14)19-9-7-18(8-10-19)12-16(2,3)21/h5-6,11,15,20-21H,4,7-10,12H2,1-3H3/t15-/m0/s1. The molecule has 2 rings (SSSR count). The third kappa shape index (κ3) is 4.66.